The Labute approximate surface area is 243 Å². The number of rotatable bonds is 13. The molecule has 9 nitrogen and oxygen atoms in total. The van der Waals surface area contributed by atoms with Crippen LogP contribution in [0.5, 0.6) is 5.75 Å². The molecule has 0 N–H and O–H groups in total. The lowest BCUT2D eigenvalue weighted by Gasteiger charge is -2.32. The summed E-state index contributed by atoms with van der Waals surface area (Å²) in [5.41, 5.74) is 1.37. The van der Waals surface area contributed by atoms with Crippen molar-refractivity contribution in [2.75, 3.05) is 31.3 Å². The summed E-state index contributed by atoms with van der Waals surface area (Å²) in [6, 6.07) is 13.9. The number of aryl methyl sites for hydroxylation is 1. The van der Waals surface area contributed by atoms with Gasteiger partial charge in [-0.05, 0) is 64.3 Å². The Bertz CT molecular complexity index is 1120. The minimum atomic E-state index is -0.753. The van der Waals surface area contributed by atoms with Gasteiger partial charge in [0.1, 0.15) is 25.6 Å². The molecule has 2 aromatic carbocycles. The van der Waals surface area contributed by atoms with E-state index in [1.807, 2.05) is 46.8 Å². The van der Waals surface area contributed by atoms with Crippen molar-refractivity contribution in [3.63, 3.8) is 0 Å². The molecule has 40 heavy (non-hydrogen) atoms. The van der Waals surface area contributed by atoms with Gasteiger partial charge < -0.3 is 28.3 Å². The smallest absolute Gasteiger partial charge is 0.462 e. The maximum atomic E-state index is 12.3. The van der Waals surface area contributed by atoms with E-state index in [0.29, 0.717) is 22.8 Å². The normalized spacial score (nSPS) is 15.4. The van der Waals surface area contributed by atoms with Gasteiger partial charge in [0.25, 0.3) is 0 Å². The number of benzene rings is 2. The molecule has 0 spiro atoms. The van der Waals surface area contributed by atoms with E-state index in [2.05, 4.69) is 0 Å². The standard InChI is InChI=1S/C28H35BO9S2/c1-20-6-12-23(13-7-20)36-26(32)35-17-19-40-39-18-14-24(30)33-15-16-34-25(31)21-8-10-22(11-9-21)29-37-27(2,3)28(4,5)38-29/h6-13H,14-19H2,1-5H3. The predicted molar refractivity (Wildman–Crippen MR) is 156 cm³/mol. The molecule has 1 fully saturated rings. The number of carbonyl (C=O) groups excluding carboxylic acids is 3. The van der Waals surface area contributed by atoms with Gasteiger partial charge >= 0.3 is 25.2 Å². The van der Waals surface area contributed by atoms with Crippen LogP contribution in [0.2, 0.25) is 0 Å². The summed E-state index contributed by atoms with van der Waals surface area (Å²) < 4.78 is 32.5. The Kier molecular flexibility index (Phi) is 11.8. The zero-order valence-corrected chi connectivity index (χ0v) is 25.1. The fourth-order valence-electron chi connectivity index (χ4n) is 3.33. The van der Waals surface area contributed by atoms with E-state index >= 15 is 0 Å². The molecule has 0 aliphatic carbocycles. The molecule has 0 radical (unpaired) electrons. The van der Waals surface area contributed by atoms with Gasteiger partial charge in [0.15, 0.2) is 0 Å². The molecule has 1 aliphatic heterocycles. The largest absolute Gasteiger partial charge is 0.513 e. The second kappa shape index (κ2) is 14.8. The van der Waals surface area contributed by atoms with Gasteiger partial charge in [-0.1, -0.05) is 51.4 Å². The van der Waals surface area contributed by atoms with Crippen molar-refractivity contribution in [3.05, 3.63) is 59.7 Å². The first kappa shape index (κ1) is 31.9. The minimum Gasteiger partial charge on any atom is -0.462 e. The molecule has 0 bridgehead atoms. The van der Waals surface area contributed by atoms with Gasteiger partial charge in [0.05, 0.1) is 23.2 Å². The number of hydrogen-bond donors (Lipinski definition) is 0. The lowest BCUT2D eigenvalue weighted by molar-refractivity contribution is -0.144. The van der Waals surface area contributed by atoms with Crippen LogP contribution in [0.25, 0.3) is 0 Å². The van der Waals surface area contributed by atoms with Gasteiger partial charge in [0, 0.05) is 11.5 Å². The van der Waals surface area contributed by atoms with E-state index in [-0.39, 0.29) is 32.2 Å². The van der Waals surface area contributed by atoms with Crippen LogP contribution in [0.3, 0.4) is 0 Å². The second-order valence-electron chi connectivity index (χ2n) is 9.97. The van der Waals surface area contributed by atoms with E-state index < -0.39 is 30.4 Å². The van der Waals surface area contributed by atoms with Crippen molar-refractivity contribution in [1.29, 1.82) is 0 Å². The fourth-order valence-corrected chi connectivity index (χ4v) is 5.13. The van der Waals surface area contributed by atoms with Crippen LogP contribution in [-0.2, 0) is 28.3 Å². The van der Waals surface area contributed by atoms with Crippen LogP contribution >= 0.6 is 21.6 Å². The van der Waals surface area contributed by atoms with E-state index in [4.69, 9.17) is 28.3 Å². The Morgan fingerprint density at radius 2 is 1.38 bits per heavy atom. The fraction of sp³-hybridized carbons (Fsp3) is 0.464. The third kappa shape index (κ3) is 9.76. The first-order valence-electron chi connectivity index (χ1n) is 12.9. The lowest BCUT2D eigenvalue weighted by atomic mass is 9.79. The van der Waals surface area contributed by atoms with Gasteiger partial charge in [0.2, 0.25) is 0 Å². The molecule has 0 unspecified atom stereocenters. The molecule has 216 valence electrons. The first-order chi connectivity index (χ1) is 19.0. The second-order valence-corrected chi connectivity index (χ2v) is 12.7. The third-order valence-corrected chi connectivity index (χ3v) is 8.70. The van der Waals surface area contributed by atoms with E-state index in [1.165, 1.54) is 21.6 Å². The summed E-state index contributed by atoms with van der Waals surface area (Å²) in [5.74, 6) is 0.628. The van der Waals surface area contributed by atoms with Gasteiger partial charge in [-0.15, -0.1) is 0 Å². The number of ether oxygens (including phenoxy) is 4. The molecule has 1 aliphatic rings. The molecule has 0 aromatic heterocycles. The van der Waals surface area contributed by atoms with Crippen LogP contribution in [0.15, 0.2) is 48.5 Å². The lowest BCUT2D eigenvalue weighted by Crippen LogP contribution is -2.41. The third-order valence-electron chi connectivity index (χ3n) is 6.33. The molecule has 1 heterocycles. The Morgan fingerprint density at radius 1 is 0.775 bits per heavy atom. The summed E-state index contributed by atoms with van der Waals surface area (Å²) in [5, 5.41) is 0. The van der Waals surface area contributed by atoms with Crippen LogP contribution in [-0.4, -0.2) is 67.7 Å². The highest BCUT2D eigenvalue weighted by atomic mass is 33.1. The summed E-state index contributed by atoms with van der Waals surface area (Å²) in [7, 11) is 2.44. The van der Waals surface area contributed by atoms with Crippen LogP contribution < -0.4 is 10.2 Å². The molecule has 2 aromatic rings. The highest BCUT2D eigenvalue weighted by Crippen LogP contribution is 2.36. The highest BCUT2D eigenvalue weighted by molar-refractivity contribution is 8.76. The monoisotopic (exact) mass is 590 g/mol. The number of carbonyl (C=O) groups is 3. The van der Waals surface area contributed by atoms with Gasteiger partial charge in [-0.2, -0.15) is 0 Å². The predicted octanol–water partition coefficient (Wildman–Crippen LogP) is 4.98. The molecule has 1 saturated heterocycles. The summed E-state index contributed by atoms with van der Waals surface area (Å²) in [4.78, 5) is 35.9. The molecule has 0 amide bonds. The maximum Gasteiger partial charge on any atom is 0.513 e. The van der Waals surface area contributed by atoms with E-state index in [0.717, 1.165) is 11.0 Å². The van der Waals surface area contributed by atoms with Crippen molar-refractivity contribution in [2.45, 2.75) is 52.2 Å². The van der Waals surface area contributed by atoms with Crippen LogP contribution in [0, 0.1) is 6.92 Å². The van der Waals surface area contributed by atoms with Crippen molar-refractivity contribution < 1.29 is 42.6 Å². The molecule has 0 saturated carbocycles. The average molecular weight is 591 g/mol. The van der Waals surface area contributed by atoms with E-state index in [9.17, 15) is 14.4 Å². The zero-order chi connectivity index (χ0) is 29.2. The quantitative estimate of drug-likeness (QED) is 0.0787. The summed E-state index contributed by atoms with van der Waals surface area (Å²) in [6.07, 6.45) is -0.542. The molecular weight excluding hydrogens is 555 g/mol. The SMILES string of the molecule is Cc1ccc(OC(=O)OCCSSCCC(=O)OCCOC(=O)c2ccc(B3OC(C)(C)C(C)(C)O3)cc2)cc1. The molecule has 0 atom stereocenters. The average Bonchev–Trinajstić information content (AvgIpc) is 3.13. The Balaban J connectivity index is 1.20. The molecule has 12 heteroatoms. The molecule has 3 rings (SSSR count). The Morgan fingerprint density at radius 3 is 2.02 bits per heavy atom. The number of esters is 2. The van der Waals surface area contributed by atoms with Crippen LogP contribution in [0.4, 0.5) is 4.79 Å². The first-order valence-corrected chi connectivity index (χ1v) is 15.4. The van der Waals surface area contributed by atoms with Crippen molar-refractivity contribution in [3.8, 4) is 5.75 Å². The topological polar surface area (TPSA) is 107 Å². The van der Waals surface area contributed by atoms with E-state index in [1.54, 1.807) is 36.4 Å². The Hall–Kier alpha value is -2.67. The summed E-state index contributed by atoms with van der Waals surface area (Å²) in [6.45, 7) is 10.0. The highest BCUT2D eigenvalue weighted by Gasteiger charge is 2.51. The van der Waals surface area contributed by atoms with Crippen molar-refractivity contribution in [2.24, 2.45) is 0 Å². The number of hydrogen-bond acceptors (Lipinski definition) is 11. The van der Waals surface area contributed by atoms with Gasteiger partial charge in [-0.25, -0.2) is 9.59 Å². The van der Waals surface area contributed by atoms with Crippen molar-refractivity contribution in [1.82, 2.24) is 0 Å². The molecular formula is C28H35BO9S2. The zero-order valence-electron chi connectivity index (χ0n) is 23.4. The minimum absolute atomic E-state index is 0.0225. The van der Waals surface area contributed by atoms with Gasteiger partial charge in [-0.3, -0.25) is 4.79 Å². The van der Waals surface area contributed by atoms with Crippen molar-refractivity contribution >= 4 is 52.3 Å². The maximum absolute atomic E-state index is 12.3. The van der Waals surface area contributed by atoms with Crippen LogP contribution in [0.1, 0.15) is 50.0 Å². The summed E-state index contributed by atoms with van der Waals surface area (Å²) >= 11 is 0.